The number of hydrogen-bond acceptors (Lipinski definition) is 9. The van der Waals surface area contributed by atoms with Gasteiger partial charge in [0.2, 0.25) is 25.8 Å². The van der Waals surface area contributed by atoms with E-state index in [2.05, 4.69) is 27.1 Å². The molecule has 14 heteroatoms. The minimum absolute atomic E-state index is 0. The molecule has 0 atom stereocenters. The van der Waals surface area contributed by atoms with Crippen LogP contribution in [0.4, 0.5) is 0 Å². The zero-order valence-corrected chi connectivity index (χ0v) is 25.7. The van der Waals surface area contributed by atoms with E-state index in [0.29, 0.717) is 39.6 Å². The third-order valence-electron chi connectivity index (χ3n) is 2.13. The summed E-state index contributed by atoms with van der Waals surface area (Å²) in [6.45, 7) is 13.4. The fourth-order valence-corrected chi connectivity index (χ4v) is 2.82. The van der Waals surface area contributed by atoms with E-state index in [1.807, 2.05) is 30.3 Å². The predicted octanol–water partition coefficient (Wildman–Crippen LogP) is -0.456. The first kappa shape index (κ1) is 42.9. The fraction of sp³-hybridized carbons (Fsp3) is 0.706. The van der Waals surface area contributed by atoms with Gasteiger partial charge in [-0.05, 0) is 41.5 Å². The Morgan fingerprint density at radius 3 is 0.839 bits per heavy atom. The zero-order valence-electron chi connectivity index (χ0n) is 19.6. The molecule has 0 aliphatic heterocycles. The second-order valence-electron chi connectivity index (χ2n) is 4.31. The summed E-state index contributed by atoms with van der Waals surface area (Å²) in [5.74, 6) is 0. The van der Waals surface area contributed by atoms with E-state index in [0.717, 1.165) is 0 Å². The van der Waals surface area contributed by atoms with Crippen molar-refractivity contribution < 1.29 is 88.2 Å². The van der Waals surface area contributed by atoms with Gasteiger partial charge in [0, 0.05) is 0 Å². The maximum absolute atomic E-state index is 10.4. The molecule has 1 aromatic carbocycles. The molecule has 0 aromatic heterocycles. The van der Waals surface area contributed by atoms with Crippen LogP contribution in [0.5, 0.6) is 0 Å². The van der Waals surface area contributed by atoms with Crippen molar-refractivity contribution in [2.75, 3.05) is 39.6 Å². The van der Waals surface area contributed by atoms with Crippen LogP contribution in [-0.2, 0) is 43.9 Å². The van der Waals surface area contributed by atoms with Crippen molar-refractivity contribution in [3.05, 3.63) is 30.3 Å². The van der Waals surface area contributed by atoms with Crippen LogP contribution in [0.1, 0.15) is 41.5 Å². The van der Waals surface area contributed by atoms with Crippen molar-refractivity contribution in [2.24, 2.45) is 0 Å². The van der Waals surface area contributed by atoms with Gasteiger partial charge < -0.3 is 14.7 Å². The Morgan fingerprint density at radius 2 is 0.742 bits per heavy atom. The number of hydrogen-bond donors (Lipinski definition) is 0. The van der Waals surface area contributed by atoms with Crippen LogP contribution >= 0.6 is 25.8 Å². The Bertz CT molecular complexity index is 306. The van der Waals surface area contributed by atoms with E-state index >= 15 is 0 Å². The van der Waals surface area contributed by atoms with Crippen molar-refractivity contribution in [3.63, 3.8) is 0 Å². The molecule has 31 heavy (non-hydrogen) atoms. The van der Waals surface area contributed by atoms with Gasteiger partial charge in [-0.1, -0.05) is 0 Å². The Labute approximate surface area is 224 Å². The van der Waals surface area contributed by atoms with E-state index in [-0.39, 0.29) is 46.3 Å². The molecule has 0 heterocycles. The van der Waals surface area contributed by atoms with Gasteiger partial charge in [-0.25, -0.2) is 39.3 Å². The first-order chi connectivity index (χ1) is 13.9. The van der Waals surface area contributed by atoms with Crippen LogP contribution in [0.15, 0.2) is 30.3 Å². The SMILES string of the molecule is CCO[PH+]([O-])OCC.CCO[PH+]([O-])OCC.CCO[PH+]([O-])OCC.[Co+3].[Na+].c1cc[cH-]c1. The summed E-state index contributed by atoms with van der Waals surface area (Å²) in [4.78, 5) is 31.2. The molecule has 1 rings (SSSR count). The van der Waals surface area contributed by atoms with Gasteiger partial charge in [-0.15, -0.1) is 0 Å². The van der Waals surface area contributed by atoms with Gasteiger partial charge in [-0.3, -0.25) is 0 Å². The van der Waals surface area contributed by atoms with Crippen LogP contribution in [0, 0.1) is 0 Å². The molecule has 1 aromatic rings. The molecule has 0 bridgehead atoms. The molecule has 0 aliphatic rings. The average Bonchev–Trinajstić information content (AvgIpc) is 3.24. The molecule has 182 valence electrons. The minimum atomic E-state index is -2.14. The van der Waals surface area contributed by atoms with Crippen molar-refractivity contribution in [1.29, 1.82) is 0 Å². The summed E-state index contributed by atoms with van der Waals surface area (Å²) in [7, 11) is -6.42. The van der Waals surface area contributed by atoms with Gasteiger partial charge in [0.15, 0.2) is 0 Å². The summed E-state index contributed by atoms with van der Waals surface area (Å²) < 4.78 is 27.6. The topological polar surface area (TPSA) is 125 Å². The molecule has 0 amide bonds. The fourth-order valence-electron chi connectivity index (χ4n) is 1.15. The molecule has 9 nitrogen and oxygen atoms in total. The largest absolute Gasteiger partial charge is 3.00 e. The Morgan fingerprint density at radius 1 is 0.548 bits per heavy atom. The van der Waals surface area contributed by atoms with E-state index in [1.54, 1.807) is 41.5 Å². The second-order valence-corrected chi connectivity index (χ2v) is 7.54. The molecule has 0 N–H and O–H groups in total. The van der Waals surface area contributed by atoms with Crippen molar-refractivity contribution in [2.45, 2.75) is 41.5 Å². The second kappa shape index (κ2) is 39.0. The maximum atomic E-state index is 10.4. The monoisotopic (exact) mass is 561 g/mol. The first-order valence-electron chi connectivity index (χ1n) is 9.48. The van der Waals surface area contributed by atoms with E-state index in [9.17, 15) is 14.7 Å². The van der Waals surface area contributed by atoms with E-state index < -0.39 is 25.8 Å². The van der Waals surface area contributed by atoms with E-state index in [4.69, 9.17) is 0 Å². The van der Waals surface area contributed by atoms with Crippen LogP contribution in [0.25, 0.3) is 0 Å². The van der Waals surface area contributed by atoms with Gasteiger partial charge in [0.1, 0.15) is 0 Å². The van der Waals surface area contributed by atoms with Crippen molar-refractivity contribution in [1.82, 2.24) is 0 Å². The van der Waals surface area contributed by atoms with Crippen LogP contribution in [0.3, 0.4) is 0 Å². The van der Waals surface area contributed by atoms with Gasteiger partial charge in [0.25, 0.3) is 0 Å². The van der Waals surface area contributed by atoms with Crippen molar-refractivity contribution in [3.8, 4) is 0 Å². The molecular formula is C17H38CoNaO9P3+3. The summed E-state index contributed by atoms with van der Waals surface area (Å²) in [5, 5.41) is 0. The van der Waals surface area contributed by atoms with E-state index in [1.165, 1.54) is 0 Å². The molecule has 0 radical (unpaired) electrons. The first-order valence-corrected chi connectivity index (χ1v) is 13.2. The van der Waals surface area contributed by atoms with Gasteiger partial charge in [-0.2, -0.15) is 18.2 Å². The normalized spacial score (nSPS) is 9.42. The van der Waals surface area contributed by atoms with Gasteiger partial charge in [0.05, 0.1) is 39.6 Å². The Hall–Kier alpha value is 1.79. The summed E-state index contributed by atoms with van der Waals surface area (Å²) in [6.07, 6.45) is 0. The Kier molecular flexibility index (Phi) is 54.0. The zero-order chi connectivity index (χ0) is 22.8. The standard InChI is InChI=1S/C5H5.3C4H11O3P.Co.Na/c1-2-4-5-3-1;3*1-3-6-8(5)7-4-2;;/h1-5H;3*8H,3-4H2,1-2H3;;/q-1;;;;+3;+1. The Balaban J connectivity index is -0.0000000958. The van der Waals surface area contributed by atoms with Gasteiger partial charge >= 0.3 is 46.3 Å². The molecule has 0 unspecified atom stereocenters. The van der Waals surface area contributed by atoms with Crippen LogP contribution < -0.4 is 44.2 Å². The predicted molar refractivity (Wildman–Crippen MR) is 117 cm³/mol. The average molecular weight is 561 g/mol. The quantitative estimate of drug-likeness (QED) is 0.190. The molecule has 0 spiro atoms. The summed E-state index contributed by atoms with van der Waals surface area (Å²) >= 11 is 0. The number of rotatable bonds is 12. The maximum Gasteiger partial charge on any atom is 3.00 e. The molecular weight excluding hydrogens is 523 g/mol. The summed E-state index contributed by atoms with van der Waals surface area (Å²) in [5.41, 5.74) is 0. The molecule has 0 aliphatic carbocycles. The minimum Gasteiger partial charge on any atom is -0.633 e. The summed E-state index contributed by atoms with van der Waals surface area (Å²) in [6, 6.07) is 10.0. The third kappa shape index (κ3) is 45.9. The van der Waals surface area contributed by atoms with Crippen LogP contribution in [0.2, 0.25) is 0 Å². The molecule has 0 saturated carbocycles. The third-order valence-corrected chi connectivity index (χ3v) is 5.27. The molecule has 0 saturated heterocycles. The van der Waals surface area contributed by atoms with Crippen molar-refractivity contribution >= 4 is 25.8 Å². The smallest absolute Gasteiger partial charge is 0.633 e. The molecule has 0 fully saturated rings. The van der Waals surface area contributed by atoms with Crippen LogP contribution in [-0.4, -0.2) is 39.6 Å².